The van der Waals surface area contributed by atoms with Crippen molar-refractivity contribution in [2.45, 2.75) is 19.8 Å². The fraction of sp³-hybridized carbons (Fsp3) is 0.400. The van der Waals surface area contributed by atoms with Crippen molar-refractivity contribution in [2.24, 2.45) is 5.73 Å². The minimum atomic E-state index is -0.597. The Hall–Kier alpha value is -2.98. The van der Waals surface area contributed by atoms with Crippen molar-refractivity contribution in [3.63, 3.8) is 0 Å². The summed E-state index contributed by atoms with van der Waals surface area (Å²) in [5.41, 5.74) is 8.38. The third kappa shape index (κ3) is 3.76. The second-order valence-corrected chi connectivity index (χ2v) is 6.44. The molecule has 7 heteroatoms. The molecule has 1 atom stereocenters. The first kappa shape index (κ1) is 18.8. The number of anilines is 1. The van der Waals surface area contributed by atoms with Gasteiger partial charge in [-0.05, 0) is 31.5 Å². The summed E-state index contributed by atoms with van der Waals surface area (Å²) < 4.78 is 10.6. The summed E-state index contributed by atoms with van der Waals surface area (Å²) in [4.78, 5) is 14.8. The van der Waals surface area contributed by atoms with Crippen molar-refractivity contribution in [2.75, 3.05) is 37.7 Å². The molecule has 1 aromatic rings. The number of piperazine rings is 1. The van der Waals surface area contributed by atoms with Crippen molar-refractivity contribution in [3.05, 3.63) is 52.6 Å². The van der Waals surface area contributed by atoms with E-state index >= 15 is 0 Å². The number of carbonyl (C=O) groups excluding carboxylic acids is 1. The molecule has 1 unspecified atom stereocenters. The van der Waals surface area contributed by atoms with Crippen molar-refractivity contribution in [3.8, 4) is 6.07 Å². The molecule has 1 fully saturated rings. The topological polar surface area (TPSA) is 101 Å². The monoisotopic (exact) mass is 368 g/mol. The van der Waals surface area contributed by atoms with Crippen LogP contribution in [0.25, 0.3) is 0 Å². The lowest BCUT2D eigenvalue weighted by molar-refractivity contribution is -0.139. The zero-order valence-electron chi connectivity index (χ0n) is 15.6. The highest BCUT2D eigenvalue weighted by molar-refractivity contribution is 5.92. The summed E-state index contributed by atoms with van der Waals surface area (Å²) in [7, 11) is 0. The number of allylic oxidation sites excluding steroid dienone is 2. The number of nitrogens with zero attached hydrogens (tertiary/aromatic N) is 2. The molecule has 2 aliphatic heterocycles. The summed E-state index contributed by atoms with van der Waals surface area (Å²) >= 11 is 0. The van der Waals surface area contributed by atoms with Crippen molar-refractivity contribution < 1.29 is 14.3 Å². The number of hydrogen-bond donors (Lipinski definition) is 2. The minimum Gasteiger partial charge on any atom is -0.463 e. The lowest BCUT2D eigenvalue weighted by Crippen LogP contribution is -2.43. The number of ether oxygens (including phenoxy) is 2. The van der Waals surface area contributed by atoms with Crippen LogP contribution >= 0.6 is 0 Å². The van der Waals surface area contributed by atoms with Crippen LogP contribution in [0.4, 0.5) is 5.69 Å². The van der Waals surface area contributed by atoms with Gasteiger partial charge in [0.25, 0.3) is 0 Å². The molecule has 2 heterocycles. The first-order chi connectivity index (χ1) is 13.1. The maximum absolute atomic E-state index is 12.5. The average molecular weight is 368 g/mol. The molecule has 3 N–H and O–H groups in total. The number of rotatable bonds is 4. The van der Waals surface area contributed by atoms with E-state index in [4.69, 9.17) is 15.2 Å². The van der Waals surface area contributed by atoms with Gasteiger partial charge in [-0.3, -0.25) is 0 Å². The molecule has 3 rings (SSSR count). The molecule has 0 bridgehead atoms. The van der Waals surface area contributed by atoms with Gasteiger partial charge in [-0.1, -0.05) is 12.1 Å². The Labute approximate surface area is 159 Å². The quantitative estimate of drug-likeness (QED) is 0.781. The molecular formula is C20H24N4O3. The second kappa shape index (κ2) is 8.14. The molecule has 0 amide bonds. The van der Waals surface area contributed by atoms with Crippen molar-refractivity contribution in [1.29, 1.82) is 5.26 Å². The first-order valence-corrected chi connectivity index (χ1v) is 9.08. The van der Waals surface area contributed by atoms with Crippen LogP contribution in [0.2, 0.25) is 0 Å². The zero-order valence-corrected chi connectivity index (χ0v) is 15.6. The van der Waals surface area contributed by atoms with Crippen LogP contribution in [0.3, 0.4) is 0 Å². The lowest BCUT2D eigenvalue weighted by atomic mass is 9.83. The SMILES string of the molecule is CCOC(=O)C1=C(C)OC(N)=C(C#N)C1c1ccc(N2CCNCC2)cc1. The van der Waals surface area contributed by atoms with Gasteiger partial charge in [0.2, 0.25) is 5.88 Å². The molecule has 0 radical (unpaired) electrons. The molecule has 142 valence electrons. The van der Waals surface area contributed by atoms with Gasteiger partial charge in [0.05, 0.1) is 18.1 Å². The average Bonchev–Trinajstić information content (AvgIpc) is 2.68. The molecule has 0 aliphatic carbocycles. The molecule has 0 aromatic heterocycles. The van der Waals surface area contributed by atoms with Gasteiger partial charge in [0, 0.05) is 31.9 Å². The number of esters is 1. The highest BCUT2D eigenvalue weighted by atomic mass is 16.5. The largest absolute Gasteiger partial charge is 0.463 e. The van der Waals surface area contributed by atoms with E-state index in [0.29, 0.717) is 11.3 Å². The van der Waals surface area contributed by atoms with Crippen LogP contribution in [0.15, 0.2) is 47.1 Å². The van der Waals surface area contributed by atoms with Gasteiger partial charge in [0.15, 0.2) is 0 Å². The van der Waals surface area contributed by atoms with Crippen molar-refractivity contribution in [1.82, 2.24) is 5.32 Å². The molecule has 2 aliphatic rings. The van der Waals surface area contributed by atoms with E-state index in [1.165, 1.54) is 0 Å². The van der Waals surface area contributed by atoms with Crippen LogP contribution in [0, 0.1) is 11.3 Å². The van der Waals surface area contributed by atoms with Crippen LogP contribution in [0.1, 0.15) is 25.3 Å². The third-order valence-electron chi connectivity index (χ3n) is 4.81. The Morgan fingerprint density at radius 2 is 2.04 bits per heavy atom. The summed E-state index contributed by atoms with van der Waals surface area (Å²) in [6.45, 7) is 7.44. The van der Waals surface area contributed by atoms with Gasteiger partial charge < -0.3 is 25.4 Å². The Bertz CT molecular complexity index is 815. The van der Waals surface area contributed by atoms with E-state index in [9.17, 15) is 10.1 Å². The lowest BCUT2D eigenvalue weighted by Gasteiger charge is -2.30. The summed E-state index contributed by atoms with van der Waals surface area (Å²) in [6, 6.07) is 9.99. The maximum Gasteiger partial charge on any atom is 0.338 e. The third-order valence-corrected chi connectivity index (χ3v) is 4.81. The first-order valence-electron chi connectivity index (χ1n) is 9.08. The van der Waals surface area contributed by atoms with Gasteiger partial charge in [-0.2, -0.15) is 5.26 Å². The molecule has 7 nitrogen and oxygen atoms in total. The van der Waals surface area contributed by atoms with Crippen LogP contribution < -0.4 is 16.0 Å². The predicted molar refractivity (Wildman–Crippen MR) is 102 cm³/mol. The fourth-order valence-corrected chi connectivity index (χ4v) is 3.49. The Morgan fingerprint density at radius 3 is 2.63 bits per heavy atom. The number of hydrogen-bond acceptors (Lipinski definition) is 7. The number of benzene rings is 1. The van der Waals surface area contributed by atoms with E-state index in [1.54, 1.807) is 13.8 Å². The van der Waals surface area contributed by atoms with E-state index < -0.39 is 11.9 Å². The van der Waals surface area contributed by atoms with Crippen LogP contribution in [-0.2, 0) is 14.3 Å². The maximum atomic E-state index is 12.5. The predicted octanol–water partition coefficient (Wildman–Crippen LogP) is 1.74. The highest BCUT2D eigenvalue weighted by Crippen LogP contribution is 2.40. The molecule has 0 spiro atoms. The number of nitrogens with two attached hydrogens (primary N) is 1. The molecule has 0 saturated carbocycles. The van der Waals surface area contributed by atoms with Gasteiger partial charge in [-0.25, -0.2) is 4.79 Å². The standard InChI is InChI=1S/C20H24N4O3/c1-3-26-20(25)17-13(2)27-19(22)16(12-21)18(17)14-4-6-15(7-5-14)24-10-8-23-9-11-24/h4-7,18,23H,3,8-11,22H2,1-2H3. The van der Waals surface area contributed by atoms with Gasteiger partial charge in [-0.15, -0.1) is 0 Å². The molecule has 1 aromatic carbocycles. The van der Waals surface area contributed by atoms with Crippen LogP contribution in [-0.4, -0.2) is 38.8 Å². The zero-order chi connectivity index (χ0) is 19.4. The fourth-order valence-electron chi connectivity index (χ4n) is 3.49. The highest BCUT2D eigenvalue weighted by Gasteiger charge is 2.36. The smallest absolute Gasteiger partial charge is 0.338 e. The van der Waals surface area contributed by atoms with Crippen molar-refractivity contribution >= 4 is 11.7 Å². The second-order valence-electron chi connectivity index (χ2n) is 6.44. The Kier molecular flexibility index (Phi) is 5.67. The van der Waals surface area contributed by atoms with E-state index in [2.05, 4.69) is 16.3 Å². The number of carbonyl (C=O) groups is 1. The van der Waals surface area contributed by atoms with Gasteiger partial charge in [0.1, 0.15) is 17.4 Å². The summed E-state index contributed by atoms with van der Waals surface area (Å²) in [6.07, 6.45) is 0. The Morgan fingerprint density at radius 1 is 1.37 bits per heavy atom. The van der Waals surface area contributed by atoms with E-state index in [1.807, 2.05) is 24.3 Å². The minimum absolute atomic E-state index is 0.0271. The number of nitrogens with one attached hydrogen (secondary N) is 1. The molecular weight excluding hydrogens is 344 g/mol. The number of nitriles is 1. The molecule has 27 heavy (non-hydrogen) atoms. The molecule has 1 saturated heterocycles. The summed E-state index contributed by atoms with van der Waals surface area (Å²) in [5, 5.41) is 12.9. The Balaban J connectivity index is 1.97. The summed E-state index contributed by atoms with van der Waals surface area (Å²) in [5.74, 6) is -0.702. The normalized spacial score (nSPS) is 20.2. The van der Waals surface area contributed by atoms with E-state index in [0.717, 1.165) is 37.4 Å². The van der Waals surface area contributed by atoms with E-state index in [-0.39, 0.29) is 18.1 Å². The van der Waals surface area contributed by atoms with Crippen LogP contribution in [0.5, 0.6) is 0 Å². The van der Waals surface area contributed by atoms with Gasteiger partial charge >= 0.3 is 5.97 Å².